The molecule has 7 heteroatoms. The maximum atomic E-state index is 11.1. The van der Waals surface area contributed by atoms with E-state index in [0.29, 0.717) is 12.2 Å². The number of nitro groups is 1. The van der Waals surface area contributed by atoms with Crippen LogP contribution >= 0.6 is 0 Å². The van der Waals surface area contributed by atoms with Gasteiger partial charge in [-0.3, -0.25) is 14.9 Å². The van der Waals surface area contributed by atoms with Crippen molar-refractivity contribution >= 4 is 17.3 Å². The smallest absolute Gasteiger partial charge is 0.292 e. The molecule has 1 unspecified atom stereocenters. The first kappa shape index (κ1) is 14.9. The number of hydrogen-bond donors (Lipinski definition) is 2. The molecule has 0 spiro atoms. The Balaban J connectivity index is 3.04. The first-order valence-electron chi connectivity index (χ1n) is 5.80. The Morgan fingerprint density at radius 3 is 2.63 bits per heavy atom. The van der Waals surface area contributed by atoms with E-state index in [1.807, 2.05) is 25.9 Å². The van der Waals surface area contributed by atoms with Crippen molar-refractivity contribution in [1.29, 1.82) is 0 Å². The van der Waals surface area contributed by atoms with E-state index in [4.69, 9.17) is 5.73 Å². The Kier molecular flexibility index (Phi) is 4.82. The number of nitro benzene ring substituents is 1. The third-order valence-electron chi connectivity index (χ3n) is 2.52. The molecule has 0 aliphatic carbocycles. The highest BCUT2D eigenvalue weighted by molar-refractivity contribution is 5.94. The normalized spacial score (nSPS) is 12.2. The predicted octanol–water partition coefficient (Wildman–Crippen LogP) is 1.06. The molecule has 0 fully saturated rings. The Morgan fingerprint density at radius 2 is 2.16 bits per heavy atom. The fraction of sp³-hybridized carbons (Fsp3) is 0.417. The maximum absolute atomic E-state index is 11.1. The SMILES string of the molecule is CC(CN(C)C)Nc1cc(C(N)=O)ccc1[N+](=O)[O-]. The van der Waals surface area contributed by atoms with Gasteiger partial charge in [0, 0.05) is 24.2 Å². The summed E-state index contributed by atoms with van der Waals surface area (Å²) >= 11 is 0. The van der Waals surface area contributed by atoms with Gasteiger partial charge in [-0.15, -0.1) is 0 Å². The fourth-order valence-corrected chi connectivity index (χ4v) is 1.82. The van der Waals surface area contributed by atoms with Crippen molar-refractivity contribution in [1.82, 2.24) is 4.90 Å². The van der Waals surface area contributed by atoms with Crippen LogP contribution in [0.25, 0.3) is 0 Å². The Morgan fingerprint density at radius 1 is 1.53 bits per heavy atom. The third kappa shape index (κ3) is 4.22. The lowest BCUT2D eigenvalue weighted by atomic mass is 10.1. The standard InChI is InChI=1S/C12H18N4O3/c1-8(7-15(2)3)14-10-6-9(12(13)17)4-5-11(10)16(18)19/h4-6,8,14H,7H2,1-3H3,(H2,13,17). The minimum Gasteiger partial charge on any atom is -0.376 e. The lowest BCUT2D eigenvalue weighted by molar-refractivity contribution is -0.384. The van der Waals surface area contributed by atoms with Gasteiger partial charge < -0.3 is 16.0 Å². The van der Waals surface area contributed by atoms with Gasteiger partial charge in [-0.05, 0) is 33.2 Å². The highest BCUT2D eigenvalue weighted by atomic mass is 16.6. The van der Waals surface area contributed by atoms with Crippen LogP contribution in [0, 0.1) is 10.1 Å². The zero-order valence-electron chi connectivity index (χ0n) is 11.2. The zero-order valence-corrected chi connectivity index (χ0v) is 11.2. The summed E-state index contributed by atoms with van der Waals surface area (Å²) in [5.74, 6) is -0.613. The Bertz CT molecular complexity index is 488. The molecule has 1 aromatic rings. The lowest BCUT2D eigenvalue weighted by Gasteiger charge is -2.19. The van der Waals surface area contributed by atoms with Gasteiger partial charge in [-0.2, -0.15) is 0 Å². The molecule has 0 heterocycles. The molecule has 1 amide bonds. The molecule has 0 saturated heterocycles. The number of anilines is 1. The number of carbonyl (C=O) groups excluding carboxylic acids is 1. The van der Waals surface area contributed by atoms with Crippen molar-refractivity contribution in [3.05, 3.63) is 33.9 Å². The lowest BCUT2D eigenvalue weighted by Crippen LogP contribution is -2.30. The van der Waals surface area contributed by atoms with Crippen LogP contribution in [0.2, 0.25) is 0 Å². The van der Waals surface area contributed by atoms with Gasteiger partial charge >= 0.3 is 0 Å². The molecule has 0 saturated carbocycles. The van der Waals surface area contributed by atoms with E-state index in [1.165, 1.54) is 18.2 Å². The molecular weight excluding hydrogens is 248 g/mol. The van der Waals surface area contributed by atoms with Gasteiger partial charge in [-0.1, -0.05) is 0 Å². The maximum Gasteiger partial charge on any atom is 0.292 e. The van der Waals surface area contributed by atoms with Crippen molar-refractivity contribution in [2.45, 2.75) is 13.0 Å². The number of amides is 1. The summed E-state index contributed by atoms with van der Waals surface area (Å²) in [6.07, 6.45) is 0. The molecule has 0 aromatic heterocycles. The van der Waals surface area contributed by atoms with E-state index in [2.05, 4.69) is 5.32 Å². The van der Waals surface area contributed by atoms with E-state index in [1.54, 1.807) is 0 Å². The van der Waals surface area contributed by atoms with Crippen LogP contribution < -0.4 is 11.1 Å². The van der Waals surface area contributed by atoms with Crippen molar-refractivity contribution in [3.63, 3.8) is 0 Å². The minimum absolute atomic E-state index is 0.00294. The van der Waals surface area contributed by atoms with Crippen molar-refractivity contribution in [2.75, 3.05) is 26.0 Å². The first-order chi connectivity index (χ1) is 8.81. The van der Waals surface area contributed by atoms with Gasteiger partial charge in [-0.25, -0.2) is 0 Å². The highest BCUT2D eigenvalue weighted by Gasteiger charge is 2.17. The summed E-state index contributed by atoms with van der Waals surface area (Å²) in [4.78, 5) is 23.5. The second-order valence-corrected chi connectivity index (χ2v) is 4.66. The number of rotatable bonds is 6. The first-order valence-corrected chi connectivity index (χ1v) is 5.80. The van der Waals surface area contributed by atoms with Gasteiger partial charge in [0.15, 0.2) is 0 Å². The number of nitrogens with one attached hydrogen (secondary N) is 1. The van der Waals surface area contributed by atoms with E-state index in [0.717, 1.165) is 0 Å². The minimum atomic E-state index is -0.613. The van der Waals surface area contributed by atoms with Crippen molar-refractivity contribution in [3.8, 4) is 0 Å². The molecule has 1 rings (SSSR count). The number of likely N-dealkylation sites (N-methyl/N-ethyl adjacent to an activating group) is 1. The zero-order chi connectivity index (χ0) is 14.6. The molecule has 0 radical (unpaired) electrons. The van der Waals surface area contributed by atoms with Crippen LogP contribution in [0.5, 0.6) is 0 Å². The second kappa shape index (κ2) is 6.14. The number of nitrogens with two attached hydrogens (primary N) is 1. The molecule has 104 valence electrons. The monoisotopic (exact) mass is 266 g/mol. The number of benzene rings is 1. The van der Waals surface area contributed by atoms with Gasteiger partial charge in [0.1, 0.15) is 5.69 Å². The summed E-state index contributed by atoms with van der Waals surface area (Å²) in [6, 6.07) is 4.04. The van der Waals surface area contributed by atoms with Gasteiger partial charge in [0.2, 0.25) is 5.91 Å². The summed E-state index contributed by atoms with van der Waals surface area (Å²) < 4.78 is 0. The fourth-order valence-electron chi connectivity index (χ4n) is 1.82. The van der Waals surface area contributed by atoms with Crippen LogP contribution in [0.3, 0.4) is 0 Å². The summed E-state index contributed by atoms with van der Waals surface area (Å²) in [5, 5.41) is 14.0. The molecular formula is C12H18N4O3. The molecule has 3 N–H and O–H groups in total. The van der Waals surface area contributed by atoms with Gasteiger partial charge in [0.05, 0.1) is 4.92 Å². The van der Waals surface area contributed by atoms with Gasteiger partial charge in [0.25, 0.3) is 5.69 Å². The Hall–Kier alpha value is -2.15. The summed E-state index contributed by atoms with van der Waals surface area (Å²) in [7, 11) is 3.82. The van der Waals surface area contributed by atoms with E-state index in [9.17, 15) is 14.9 Å². The topological polar surface area (TPSA) is 102 Å². The van der Waals surface area contributed by atoms with Crippen LogP contribution in [0.15, 0.2) is 18.2 Å². The molecule has 1 aromatic carbocycles. The molecule has 7 nitrogen and oxygen atoms in total. The van der Waals surface area contributed by atoms with Crippen LogP contribution in [-0.4, -0.2) is 42.4 Å². The van der Waals surface area contributed by atoms with Crippen molar-refractivity contribution in [2.24, 2.45) is 5.73 Å². The van der Waals surface area contributed by atoms with E-state index >= 15 is 0 Å². The van der Waals surface area contributed by atoms with Crippen molar-refractivity contribution < 1.29 is 9.72 Å². The second-order valence-electron chi connectivity index (χ2n) is 4.66. The summed E-state index contributed by atoms with van der Waals surface area (Å²) in [6.45, 7) is 2.61. The molecule has 0 aliphatic rings. The molecule has 1 atom stereocenters. The number of primary amides is 1. The molecule has 19 heavy (non-hydrogen) atoms. The largest absolute Gasteiger partial charge is 0.376 e. The van der Waals surface area contributed by atoms with Crippen LogP contribution in [0.4, 0.5) is 11.4 Å². The molecule has 0 bridgehead atoms. The van der Waals surface area contributed by atoms with E-state index in [-0.39, 0.29) is 17.3 Å². The van der Waals surface area contributed by atoms with E-state index < -0.39 is 10.8 Å². The predicted molar refractivity (Wildman–Crippen MR) is 73.3 cm³/mol. The highest BCUT2D eigenvalue weighted by Crippen LogP contribution is 2.26. The number of hydrogen-bond acceptors (Lipinski definition) is 5. The third-order valence-corrected chi connectivity index (χ3v) is 2.52. The number of nitrogens with zero attached hydrogens (tertiary/aromatic N) is 2. The Labute approximate surface area is 111 Å². The average molecular weight is 266 g/mol. The van der Waals surface area contributed by atoms with Crippen LogP contribution in [-0.2, 0) is 0 Å². The summed E-state index contributed by atoms with van der Waals surface area (Å²) in [5.41, 5.74) is 5.64. The number of carbonyl (C=O) groups is 1. The van der Waals surface area contributed by atoms with Crippen LogP contribution in [0.1, 0.15) is 17.3 Å². The molecule has 0 aliphatic heterocycles. The quantitative estimate of drug-likeness (QED) is 0.592. The average Bonchev–Trinajstić information content (AvgIpc) is 2.26.